The van der Waals surface area contributed by atoms with E-state index in [1.54, 1.807) is 12.1 Å². The molecular weight excluding hydrogens is 348 g/mol. The minimum atomic E-state index is 0.131. The number of fused-ring (bicyclic) bond motifs is 1. The molecule has 0 spiro atoms. The van der Waals surface area contributed by atoms with Gasteiger partial charge in [-0.05, 0) is 55.0 Å². The van der Waals surface area contributed by atoms with E-state index in [9.17, 15) is 9.90 Å². The van der Waals surface area contributed by atoms with Crippen molar-refractivity contribution in [2.45, 2.75) is 51.4 Å². The van der Waals surface area contributed by atoms with E-state index < -0.39 is 0 Å². The zero-order chi connectivity index (χ0) is 19.6. The molecule has 148 valence electrons. The van der Waals surface area contributed by atoms with Crippen molar-refractivity contribution in [3.63, 3.8) is 0 Å². The Morgan fingerprint density at radius 1 is 0.929 bits per heavy atom. The molecule has 4 nitrogen and oxygen atoms in total. The third-order valence-electron chi connectivity index (χ3n) is 5.18. The molecule has 1 aromatic heterocycles. The monoisotopic (exact) mass is 378 g/mol. The molecule has 1 amide bonds. The van der Waals surface area contributed by atoms with Gasteiger partial charge in [-0.2, -0.15) is 0 Å². The van der Waals surface area contributed by atoms with Crippen molar-refractivity contribution in [2.24, 2.45) is 0 Å². The number of rotatable bonds is 11. The van der Waals surface area contributed by atoms with Crippen LogP contribution in [0.5, 0.6) is 5.75 Å². The van der Waals surface area contributed by atoms with Gasteiger partial charge in [0.15, 0.2) is 0 Å². The maximum absolute atomic E-state index is 12.0. The highest BCUT2D eigenvalue weighted by Gasteiger charge is 2.06. The molecule has 28 heavy (non-hydrogen) atoms. The topological polar surface area (TPSA) is 65.1 Å². The first-order chi connectivity index (χ1) is 13.7. The summed E-state index contributed by atoms with van der Waals surface area (Å²) in [4.78, 5) is 15.2. The van der Waals surface area contributed by atoms with Crippen LogP contribution >= 0.6 is 0 Å². The molecule has 1 heterocycles. The molecule has 3 N–H and O–H groups in total. The Balaban J connectivity index is 1.24. The first-order valence-electron chi connectivity index (χ1n) is 10.3. The van der Waals surface area contributed by atoms with Crippen LogP contribution in [-0.4, -0.2) is 22.5 Å². The molecule has 2 aromatic carbocycles. The quantitative estimate of drug-likeness (QED) is 0.406. The summed E-state index contributed by atoms with van der Waals surface area (Å²) in [6.07, 6.45) is 10.2. The van der Waals surface area contributed by atoms with Crippen LogP contribution in [0.25, 0.3) is 10.9 Å². The van der Waals surface area contributed by atoms with Crippen LogP contribution in [0.4, 0.5) is 0 Å². The second kappa shape index (κ2) is 10.5. The van der Waals surface area contributed by atoms with Crippen molar-refractivity contribution in [3.05, 3.63) is 65.9 Å². The Hall–Kier alpha value is -2.75. The normalized spacial score (nSPS) is 11.0. The zero-order valence-electron chi connectivity index (χ0n) is 16.4. The number of benzene rings is 2. The number of aromatic nitrogens is 1. The zero-order valence-corrected chi connectivity index (χ0v) is 16.4. The number of phenols is 1. The van der Waals surface area contributed by atoms with Crippen LogP contribution in [0.15, 0.2) is 54.7 Å². The first kappa shape index (κ1) is 20.0. The van der Waals surface area contributed by atoms with Gasteiger partial charge in [-0.25, -0.2) is 0 Å². The Labute approximate surface area is 167 Å². The van der Waals surface area contributed by atoms with E-state index >= 15 is 0 Å². The second-order valence-electron chi connectivity index (χ2n) is 7.40. The smallest absolute Gasteiger partial charge is 0.220 e. The summed E-state index contributed by atoms with van der Waals surface area (Å²) in [7, 11) is 0. The van der Waals surface area contributed by atoms with E-state index in [1.165, 1.54) is 24.8 Å². The number of carbonyl (C=O) groups excluding carboxylic acids is 1. The van der Waals surface area contributed by atoms with Gasteiger partial charge in [0.25, 0.3) is 0 Å². The van der Waals surface area contributed by atoms with E-state index in [1.807, 2.05) is 12.3 Å². The maximum atomic E-state index is 12.0. The molecule has 0 saturated carbocycles. The number of amides is 1. The van der Waals surface area contributed by atoms with Crippen LogP contribution in [0.3, 0.4) is 0 Å². The molecule has 0 unspecified atom stereocenters. The number of hydrogen-bond donors (Lipinski definition) is 3. The molecule has 4 heteroatoms. The molecular formula is C24H30N2O2. The number of aryl methyl sites for hydroxylation is 1. The molecule has 0 aliphatic carbocycles. The standard InChI is InChI=1S/C24H30N2O2/c27-21-13-14-23-22(17-21)20(18-26-23)15-16-25-24(28)12-8-3-1-2-5-9-19-10-6-4-7-11-19/h4,6-7,10-11,13-14,17-18,26-27H,1-3,5,8-9,12,15-16H2,(H,25,28). The lowest BCUT2D eigenvalue weighted by Gasteiger charge is -2.05. The summed E-state index contributed by atoms with van der Waals surface area (Å²) in [5.41, 5.74) is 3.53. The molecule has 0 radical (unpaired) electrons. The third-order valence-corrected chi connectivity index (χ3v) is 5.18. The minimum absolute atomic E-state index is 0.131. The summed E-state index contributed by atoms with van der Waals surface area (Å²) in [6.45, 7) is 0.624. The number of hydrogen-bond acceptors (Lipinski definition) is 2. The van der Waals surface area contributed by atoms with Crippen molar-refractivity contribution in [1.29, 1.82) is 0 Å². The molecule has 3 rings (SSSR count). The highest BCUT2D eigenvalue weighted by Crippen LogP contribution is 2.23. The van der Waals surface area contributed by atoms with Crippen LogP contribution < -0.4 is 5.32 Å². The maximum Gasteiger partial charge on any atom is 0.220 e. The van der Waals surface area contributed by atoms with E-state index in [2.05, 4.69) is 40.6 Å². The largest absolute Gasteiger partial charge is 0.508 e. The fourth-order valence-corrected chi connectivity index (χ4v) is 3.59. The van der Waals surface area contributed by atoms with E-state index in [0.717, 1.165) is 42.1 Å². The lowest BCUT2D eigenvalue weighted by atomic mass is 10.0. The van der Waals surface area contributed by atoms with Gasteiger partial charge in [0, 0.05) is 30.1 Å². The summed E-state index contributed by atoms with van der Waals surface area (Å²) in [5, 5.41) is 13.7. The lowest BCUT2D eigenvalue weighted by Crippen LogP contribution is -2.25. The molecule has 0 fully saturated rings. The Bertz CT molecular complexity index is 871. The summed E-state index contributed by atoms with van der Waals surface area (Å²) in [5.74, 6) is 0.396. The van der Waals surface area contributed by atoms with Crippen molar-refractivity contribution in [1.82, 2.24) is 10.3 Å². The molecule has 0 aliphatic heterocycles. The fraction of sp³-hybridized carbons (Fsp3) is 0.375. The van der Waals surface area contributed by atoms with Gasteiger partial charge in [0.2, 0.25) is 5.91 Å². The summed E-state index contributed by atoms with van der Waals surface area (Å²) >= 11 is 0. The van der Waals surface area contributed by atoms with Crippen LogP contribution in [0.2, 0.25) is 0 Å². The Morgan fingerprint density at radius 3 is 2.57 bits per heavy atom. The van der Waals surface area contributed by atoms with E-state index in [4.69, 9.17) is 0 Å². The number of phenolic OH excluding ortho intramolecular Hbond substituents is 1. The van der Waals surface area contributed by atoms with Crippen LogP contribution in [0, 0.1) is 0 Å². The average molecular weight is 379 g/mol. The van der Waals surface area contributed by atoms with Crippen molar-refractivity contribution >= 4 is 16.8 Å². The predicted molar refractivity (Wildman–Crippen MR) is 115 cm³/mol. The number of unbranched alkanes of at least 4 members (excludes halogenated alkanes) is 4. The first-order valence-corrected chi connectivity index (χ1v) is 10.3. The molecule has 0 saturated heterocycles. The van der Waals surface area contributed by atoms with Gasteiger partial charge in [-0.15, -0.1) is 0 Å². The number of nitrogens with one attached hydrogen (secondary N) is 2. The van der Waals surface area contributed by atoms with Gasteiger partial charge in [0.05, 0.1) is 0 Å². The van der Waals surface area contributed by atoms with Crippen molar-refractivity contribution in [3.8, 4) is 5.75 Å². The average Bonchev–Trinajstić information content (AvgIpc) is 3.10. The van der Waals surface area contributed by atoms with Gasteiger partial charge in [-0.1, -0.05) is 49.6 Å². The number of aromatic hydroxyl groups is 1. The highest BCUT2D eigenvalue weighted by molar-refractivity contribution is 5.84. The van der Waals surface area contributed by atoms with Gasteiger partial charge in [-0.3, -0.25) is 4.79 Å². The van der Waals surface area contributed by atoms with Gasteiger partial charge >= 0.3 is 0 Å². The predicted octanol–water partition coefficient (Wildman–Crippen LogP) is 5.12. The number of aromatic amines is 1. The molecule has 0 bridgehead atoms. The van der Waals surface area contributed by atoms with E-state index in [-0.39, 0.29) is 11.7 Å². The SMILES string of the molecule is O=C(CCCCCCCc1ccccc1)NCCc1c[nH]c2ccc(O)cc12. The number of H-pyrrole nitrogens is 1. The van der Waals surface area contributed by atoms with Crippen LogP contribution in [-0.2, 0) is 17.6 Å². The Kier molecular flexibility index (Phi) is 7.53. The van der Waals surface area contributed by atoms with Crippen molar-refractivity contribution in [2.75, 3.05) is 6.54 Å². The summed E-state index contributed by atoms with van der Waals surface area (Å²) < 4.78 is 0. The Morgan fingerprint density at radius 2 is 1.71 bits per heavy atom. The molecule has 0 atom stereocenters. The van der Waals surface area contributed by atoms with Crippen LogP contribution in [0.1, 0.15) is 49.7 Å². The number of carbonyl (C=O) groups is 1. The fourth-order valence-electron chi connectivity index (χ4n) is 3.59. The summed E-state index contributed by atoms with van der Waals surface area (Å²) in [6, 6.07) is 15.9. The van der Waals surface area contributed by atoms with Gasteiger partial charge < -0.3 is 15.4 Å². The minimum Gasteiger partial charge on any atom is -0.508 e. The second-order valence-corrected chi connectivity index (χ2v) is 7.40. The highest BCUT2D eigenvalue weighted by atomic mass is 16.3. The van der Waals surface area contributed by atoms with Gasteiger partial charge in [0.1, 0.15) is 5.75 Å². The lowest BCUT2D eigenvalue weighted by molar-refractivity contribution is -0.121. The third kappa shape index (κ3) is 6.15. The van der Waals surface area contributed by atoms with Crippen molar-refractivity contribution < 1.29 is 9.90 Å². The molecule has 0 aliphatic rings. The van der Waals surface area contributed by atoms with E-state index in [0.29, 0.717) is 13.0 Å². The molecule has 3 aromatic rings.